The quantitative estimate of drug-likeness (QED) is 0.185. The molecule has 0 aliphatic heterocycles. The fourth-order valence-electron chi connectivity index (χ4n) is 2.08. The minimum Gasteiger partial charge on any atom is -0.346 e. The average molecular weight is 478 g/mol. The lowest BCUT2D eigenvalue weighted by atomic mass is 10.3. The van der Waals surface area contributed by atoms with Crippen LogP contribution >= 0.6 is 0 Å². The molecule has 0 aliphatic rings. The molecule has 2 aromatic heterocycles. The van der Waals surface area contributed by atoms with Crippen LogP contribution in [0.3, 0.4) is 0 Å². The monoisotopic (exact) mass is 478 g/mol. The Labute approximate surface area is 174 Å². The van der Waals surface area contributed by atoms with Gasteiger partial charge in [-0.3, -0.25) is 60.7 Å². The summed E-state index contributed by atoms with van der Waals surface area (Å²) in [5.41, 5.74) is -0.970. The van der Waals surface area contributed by atoms with Crippen LogP contribution < -0.4 is 10.6 Å². The van der Waals surface area contributed by atoms with Gasteiger partial charge in [-0.1, -0.05) is 0 Å². The number of rotatable bonds is 12. The normalized spacial score (nSPS) is 11.5. The minimum absolute atomic E-state index is 0.485. The molecule has 0 saturated carbocycles. The zero-order valence-electron chi connectivity index (χ0n) is 15.2. The standard InChI is InChI=1S/C8H6N12O13/c21-15(22)7(16(23)24,17(25)26)1-9-3-4(12-6-5(11-3)13-33-14-6)10-2-8(18(27)28,19(29)30)20(31)32/h1-2H2,(H,9,11,13)(H,10,12,14). The first-order valence-electron chi connectivity index (χ1n) is 7.65. The van der Waals surface area contributed by atoms with E-state index >= 15 is 0 Å². The van der Waals surface area contributed by atoms with E-state index in [-0.39, 0.29) is 0 Å². The smallest absolute Gasteiger partial charge is 0.346 e. The molecule has 33 heavy (non-hydrogen) atoms. The molecule has 0 bridgehead atoms. The molecule has 2 aromatic rings. The van der Waals surface area contributed by atoms with Crippen molar-refractivity contribution in [2.75, 3.05) is 23.7 Å². The van der Waals surface area contributed by atoms with Crippen molar-refractivity contribution in [2.45, 2.75) is 11.6 Å². The SMILES string of the molecule is O=[N+]([O-])C(CNc1nc2nonc2nc1NCC([N+](=O)[O-])([N+](=O)[O-])[N+](=O)[O-])([N+](=O)[O-])[N+](=O)[O-]. The van der Waals surface area contributed by atoms with Crippen molar-refractivity contribution in [1.82, 2.24) is 20.3 Å². The minimum atomic E-state index is -4.04. The van der Waals surface area contributed by atoms with Gasteiger partial charge < -0.3 is 10.6 Å². The second kappa shape index (κ2) is 8.31. The topological polar surface area (TPSA) is 348 Å². The first kappa shape index (κ1) is 23.8. The molecule has 2 N–H and O–H groups in total. The van der Waals surface area contributed by atoms with Crippen LogP contribution in [0.25, 0.3) is 11.3 Å². The van der Waals surface area contributed by atoms with Crippen molar-refractivity contribution >= 4 is 22.9 Å². The van der Waals surface area contributed by atoms with E-state index in [4.69, 9.17) is 0 Å². The molecule has 176 valence electrons. The van der Waals surface area contributed by atoms with Crippen LogP contribution in [0.15, 0.2) is 4.63 Å². The summed E-state index contributed by atoms with van der Waals surface area (Å²) in [5, 5.41) is 76.3. The van der Waals surface area contributed by atoms with Crippen LogP contribution in [0.5, 0.6) is 0 Å². The lowest BCUT2D eigenvalue weighted by Gasteiger charge is -2.14. The zero-order valence-corrected chi connectivity index (χ0v) is 15.2. The summed E-state index contributed by atoms with van der Waals surface area (Å²) in [7, 11) is 0. The Kier molecular flexibility index (Phi) is 5.98. The lowest BCUT2D eigenvalue weighted by molar-refractivity contribution is -0.965. The van der Waals surface area contributed by atoms with Gasteiger partial charge >= 0.3 is 11.6 Å². The summed E-state index contributed by atoms with van der Waals surface area (Å²) in [6.45, 7) is -3.38. The predicted octanol–water partition coefficient (Wildman–Crippen LogP) is -2.20. The van der Waals surface area contributed by atoms with Crippen LogP contribution in [0.4, 0.5) is 11.6 Å². The highest BCUT2D eigenvalue weighted by Gasteiger charge is 2.71. The molecule has 0 saturated heterocycles. The second-order valence-electron chi connectivity index (χ2n) is 5.63. The van der Waals surface area contributed by atoms with Gasteiger partial charge in [0.15, 0.2) is 41.2 Å². The highest BCUT2D eigenvalue weighted by Crippen LogP contribution is 2.23. The molecule has 0 atom stereocenters. The molecule has 2 heterocycles. The van der Waals surface area contributed by atoms with E-state index < -0.39 is 77.1 Å². The Bertz CT molecular complexity index is 1020. The van der Waals surface area contributed by atoms with E-state index in [1.54, 1.807) is 0 Å². The second-order valence-corrected chi connectivity index (χ2v) is 5.63. The number of nitro groups is 6. The largest absolute Gasteiger partial charge is 0.717 e. The van der Waals surface area contributed by atoms with Gasteiger partial charge in [-0.25, -0.2) is 14.6 Å². The molecule has 2 rings (SSSR count). The molecular weight excluding hydrogens is 472 g/mol. The van der Waals surface area contributed by atoms with Crippen LogP contribution in [0, 0.1) is 60.7 Å². The summed E-state index contributed by atoms with van der Waals surface area (Å²) in [5.74, 6) is -9.81. The van der Waals surface area contributed by atoms with Gasteiger partial charge in [0.05, 0.1) is 0 Å². The Morgan fingerprint density at radius 2 is 0.879 bits per heavy atom. The van der Waals surface area contributed by atoms with Gasteiger partial charge in [-0.15, -0.1) is 0 Å². The Balaban J connectivity index is 2.51. The number of fused-ring (bicyclic) bond motifs is 1. The first-order valence-corrected chi connectivity index (χ1v) is 7.65. The molecular formula is C8H6N12O13. The van der Waals surface area contributed by atoms with E-state index in [1.807, 2.05) is 10.6 Å². The Morgan fingerprint density at radius 1 is 0.606 bits per heavy atom. The predicted molar refractivity (Wildman–Crippen MR) is 91.8 cm³/mol. The van der Waals surface area contributed by atoms with Gasteiger partial charge in [0.1, 0.15) is 0 Å². The van der Waals surface area contributed by atoms with Crippen LogP contribution in [-0.4, -0.2) is 74.5 Å². The highest BCUT2D eigenvalue weighted by molar-refractivity contribution is 5.73. The van der Waals surface area contributed by atoms with Gasteiger partial charge in [0.2, 0.25) is 24.4 Å². The van der Waals surface area contributed by atoms with Crippen LogP contribution in [0.1, 0.15) is 0 Å². The summed E-state index contributed by atoms with van der Waals surface area (Å²) < 4.78 is 4.27. The van der Waals surface area contributed by atoms with E-state index in [9.17, 15) is 60.7 Å². The third-order valence-corrected chi connectivity index (χ3v) is 3.85. The Morgan fingerprint density at radius 3 is 1.12 bits per heavy atom. The van der Waals surface area contributed by atoms with Gasteiger partial charge in [0, 0.05) is 0 Å². The molecule has 0 unspecified atom stereocenters. The van der Waals surface area contributed by atoms with Crippen molar-refractivity contribution in [2.24, 2.45) is 0 Å². The number of hydrogen-bond donors (Lipinski definition) is 2. The molecule has 0 aliphatic carbocycles. The van der Waals surface area contributed by atoms with Crippen molar-refractivity contribution in [3.05, 3.63) is 60.7 Å². The van der Waals surface area contributed by atoms with Crippen molar-refractivity contribution in [3.8, 4) is 0 Å². The van der Waals surface area contributed by atoms with Crippen LogP contribution in [0.2, 0.25) is 0 Å². The maximum absolute atomic E-state index is 11.0. The van der Waals surface area contributed by atoms with Gasteiger partial charge in [-0.05, 0) is 10.3 Å². The number of aromatic nitrogens is 4. The number of anilines is 2. The molecule has 25 heteroatoms. The Hall–Kier alpha value is -5.52. The number of hydrogen-bond acceptors (Lipinski definition) is 19. The van der Waals surface area contributed by atoms with Gasteiger partial charge in [-0.2, -0.15) is 0 Å². The summed E-state index contributed by atoms with van der Waals surface area (Å²) >= 11 is 0. The number of nitrogens with zero attached hydrogens (tertiary/aromatic N) is 10. The fourth-order valence-corrected chi connectivity index (χ4v) is 2.08. The highest BCUT2D eigenvalue weighted by atomic mass is 16.7. The fraction of sp³-hybridized carbons (Fsp3) is 0.500. The van der Waals surface area contributed by atoms with Crippen molar-refractivity contribution in [3.63, 3.8) is 0 Å². The molecule has 25 nitrogen and oxygen atoms in total. The summed E-state index contributed by atoms with van der Waals surface area (Å²) in [6.07, 6.45) is 0. The van der Waals surface area contributed by atoms with E-state index in [2.05, 4.69) is 24.9 Å². The molecule has 0 radical (unpaired) electrons. The molecule has 0 fully saturated rings. The molecule has 0 spiro atoms. The summed E-state index contributed by atoms with van der Waals surface area (Å²) in [4.78, 5) is 62.3. The lowest BCUT2D eigenvalue weighted by Crippen LogP contribution is -2.58. The van der Waals surface area contributed by atoms with Crippen molar-refractivity contribution < 1.29 is 34.2 Å². The third-order valence-electron chi connectivity index (χ3n) is 3.85. The number of nitrogens with one attached hydrogen (secondary N) is 2. The first-order chi connectivity index (χ1) is 15.3. The van der Waals surface area contributed by atoms with Crippen molar-refractivity contribution in [1.29, 1.82) is 0 Å². The van der Waals surface area contributed by atoms with E-state index in [1.165, 1.54) is 0 Å². The zero-order chi connectivity index (χ0) is 25.1. The third kappa shape index (κ3) is 3.82. The molecule has 0 aromatic carbocycles. The maximum atomic E-state index is 11.0. The van der Waals surface area contributed by atoms with E-state index in [0.717, 1.165) is 0 Å². The van der Waals surface area contributed by atoms with Crippen LogP contribution in [-0.2, 0) is 0 Å². The summed E-state index contributed by atoms with van der Waals surface area (Å²) in [6, 6.07) is 0. The maximum Gasteiger partial charge on any atom is 0.717 e. The molecule has 0 amide bonds. The average Bonchev–Trinajstić information content (AvgIpc) is 3.14. The van der Waals surface area contributed by atoms with Gasteiger partial charge in [0.25, 0.3) is 0 Å². The van der Waals surface area contributed by atoms with E-state index in [0.29, 0.717) is 0 Å².